The number of hydrogen-bond acceptors (Lipinski definition) is 3. The van der Waals surface area contributed by atoms with Crippen molar-refractivity contribution in [2.24, 2.45) is 0 Å². The number of carbonyl (C=O) groups excluding carboxylic acids is 1. The zero-order valence-electron chi connectivity index (χ0n) is 15.4. The lowest BCUT2D eigenvalue weighted by molar-refractivity contribution is 0.102. The molecule has 0 fully saturated rings. The molecule has 0 atom stereocenters. The van der Waals surface area contributed by atoms with Crippen molar-refractivity contribution in [3.63, 3.8) is 0 Å². The van der Waals surface area contributed by atoms with Crippen LogP contribution in [0.4, 0.5) is 5.69 Å². The number of rotatable bonds is 6. The fourth-order valence-electron chi connectivity index (χ4n) is 3.20. The van der Waals surface area contributed by atoms with Gasteiger partial charge >= 0.3 is 0 Å². The standard InChI is InChI=1S/C21H24N4O/c1-4-17(5-2)25-15(3)19(13-23-25)21(26)24-20-14-22-12-11-18(20)16-9-7-6-8-10-16/h6-14,17H,4-5H2,1-3H3,(H,24,26). The summed E-state index contributed by atoms with van der Waals surface area (Å²) in [5.74, 6) is -0.162. The summed E-state index contributed by atoms with van der Waals surface area (Å²) < 4.78 is 1.95. The molecular weight excluding hydrogens is 324 g/mol. The minimum Gasteiger partial charge on any atom is -0.320 e. The molecule has 1 N–H and O–H groups in total. The second-order valence-corrected chi connectivity index (χ2v) is 6.30. The summed E-state index contributed by atoms with van der Waals surface area (Å²) in [4.78, 5) is 17.0. The molecule has 134 valence electrons. The molecule has 0 saturated heterocycles. The van der Waals surface area contributed by atoms with Gasteiger partial charge in [0.25, 0.3) is 5.91 Å². The van der Waals surface area contributed by atoms with Gasteiger partial charge in [0.15, 0.2) is 0 Å². The van der Waals surface area contributed by atoms with E-state index < -0.39 is 0 Å². The predicted octanol–water partition coefficient (Wildman–Crippen LogP) is 4.87. The largest absolute Gasteiger partial charge is 0.320 e. The van der Waals surface area contributed by atoms with Gasteiger partial charge in [0.1, 0.15) is 0 Å². The van der Waals surface area contributed by atoms with Crippen LogP contribution in [0.3, 0.4) is 0 Å². The van der Waals surface area contributed by atoms with E-state index in [9.17, 15) is 4.79 Å². The van der Waals surface area contributed by atoms with Gasteiger partial charge in [0, 0.05) is 17.5 Å². The van der Waals surface area contributed by atoms with E-state index in [-0.39, 0.29) is 5.91 Å². The molecule has 2 aromatic heterocycles. The van der Waals surface area contributed by atoms with Gasteiger partial charge < -0.3 is 5.32 Å². The summed E-state index contributed by atoms with van der Waals surface area (Å²) in [7, 11) is 0. The quantitative estimate of drug-likeness (QED) is 0.691. The lowest BCUT2D eigenvalue weighted by Gasteiger charge is -2.15. The summed E-state index contributed by atoms with van der Waals surface area (Å²) in [6.45, 7) is 6.22. The summed E-state index contributed by atoms with van der Waals surface area (Å²) in [5.41, 5.74) is 4.16. The van der Waals surface area contributed by atoms with Crippen LogP contribution in [0.25, 0.3) is 11.1 Å². The zero-order valence-corrected chi connectivity index (χ0v) is 15.4. The Hall–Kier alpha value is -2.95. The number of benzene rings is 1. The Balaban J connectivity index is 1.88. The summed E-state index contributed by atoms with van der Waals surface area (Å²) in [5, 5.41) is 7.44. The molecule has 26 heavy (non-hydrogen) atoms. The second kappa shape index (κ2) is 7.95. The van der Waals surface area contributed by atoms with E-state index in [1.54, 1.807) is 18.6 Å². The van der Waals surface area contributed by atoms with Crippen molar-refractivity contribution >= 4 is 11.6 Å². The number of carbonyl (C=O) groups is 1. The predicted molar refractivity (Wildman–Crippen MR) is 104 cm³/mol. The zero-order chi connectivity index (χ0) is 18.5. The first-order valence-corrected chi connectivity index (χ1v) is 9.00. The monoisotopic (exact) mass is 348 g/mol. The highest BCUT2D eigenvalue weighted by molar-refractivity contribution is 6.06. The van der Waals surface area contributed by atoms with Crippen molar-refractivity contribution in [2.75, 3.05) is 5.32 Å². The van der Waals surface area contributed by atoms with E-state index in [1.165, 1.54) is 0 Å². The SMILES string of the molecule is CCC(CC)n1ncc(C(=O)Nc2cnccc2-c2ccccc2)c1C. The maximum absolute atomic E-state index is 12.8. The molecule has 3 aromatic rings. The number of nitrogens with zero attached hydrogens (tertiary/aromatic N) is 3. The molecule has 0 aliphatic heterocycles. The van der Waals surface area contributed by atoms with Gasteiger partial charge in [-0.05, 0) is 31.4 Å². The van der Waals surface area contributed by atoms with Crippen molar-refractivity contribution in [1.82, 2.24) is 14.8 Å². The number of anilines is 1. The third-order valence-electron chi connectivity index (χ3n) is 4.73. The minimum absolute atomic E-state index is 0.162. The first-order chi connectivity index (χ1) is 12.7. The van der Waals surface area contributed by atoms with E-state index in [2.05, 4.69) is 29.2 Å². The molecule has 5 heteroatoms. The molecule has 0 saturated carbocycles. The lowest BCUT2D eigenvalue weighted by Crippen LogP contribution is -2.15. The van der Waals surface area contributed by atoms with Crippen LogP contribution < -0.4 is 5.32 Å². The highest BCUT2D eigenvalue weighted by atomic mass is 16.1. The van der Waals surface area contributed by atoms with Gasteiger partial charge in [-0.2, -0.15) is 5.10 Å². The van der Waals surface area contributed by atoms with E-state index in [1.807, 2.05) is 48.0 Å². The normalized spacial score (nSPS) is 10.9. The average molecular weight is 348 g/mol. The molecule has 1 amide bonds. The van der Waals surface area contributed by atoms with E-state index >= 15 is 0 Å². The molecule has 1 aromatic carbocycles. The molecule has 2 heterocycles. The minimum atomic E-state index is -0.162. The topological polar surface area (TPSA) is 59.8 Å². The summed E-state index contributed by atoms with van der Waals surface area (Å²) >= 11 is 0. The second-order valence-electron chi connectivity index (χ2n) is 6.30. The molecule has 5 nitrogen and oxygen atoms in total. The first-order valence-electron chi connectivity index (χ1n) is 9.00. The molecule has 3 rings (SSSR count). The van der Waals surface area contributed by atoms with Gasteiger partial charge in [-0.15, -0.1) is 0 Å². The van der Waals surface area contributed by atoms with Gasteiger partial charge in [-0.25, -0.2) is 0 Å². The first kappa shape index (κ1) is 17.9. The van der Waals surface area contributed by atoms with Gasteiger partial charge in [-0.3, -0.25) is 14.5 Å². The van der Waals surface area contributed by atoms with Crippen molar-refractivity contribution < 1.29 is 4.79 Å². The molecule has 0 unspecified atom stereocenters. The van der Waals surface area contributed by atoms with Crippen LogP contribution in [0.5, 0.6) is 0 Å². The van der Waals surface area contributed by atoms with Gasteiger partial charge in [0.05, 0.1) is 29.7 Å². The Morgan fingerprint density at radius 3 is 2.54 bits per heavy atom. The van der Waals surface area contributed by atoms with Crippen LogP contribution in [0.15, 0.2) is 55.0 Å². The third-order valence-corrected chi connectivity index (χ3v) is 4.73. The molecule has 0 aliphatic rings. The van der Waals surface area contributed by atoms with Crippen LogP contribution in [-0.2, 0) is 0 Å². The number of amides is 1. The van der Waals surface area contributed by atoms with Crippen molar-refractivity contribution in [3.8, 4) is 11.1 Å². The Morgan fingerprint density at radius 2 is 1.85 bits per heavy atom. The fourth-order valence-corrected chi connectivity index (χ4v) is 3.20. The number of nitrogens with one attached hydrogen (secondary N) is 1. The maximum atomic E-state index is 12.8. The van der Waals surface area contributed by atoms with Crippen LogP contribution in [0.2, 0.25) is 0 Å². The highest BCUT2D eigenvalue weighted by Gasteiger charge is 2.19. The fraction of sp³-hybridized carbons (Fsp3) is 0.286. The van der Waals surface area contributed by atoms with Crippen LogP contribution >= 0.6 is 0 Å². The molecule has 0 spiro atoms. The smallest absolute Gasteiger partial charge is 0.259 e. The highest BCUT2D eigenvalue weighted by Crippen LogP contribution is 2.27. The van der Waals surface area contributed by atoms with E-state index in [0.29, 0.717) is 17.3 Å². The molecule has 0 aliphatic carbocycles. The summed E-state index contributed by atoms with van der Waals surface area (Å²) in [6, 6.07) is 12.2. The van der Waals surface area contributed by atoms with E-state index in [4.69, 9.17) is 0 Å². The summed E-state index contributed by atoms with van der Waals surface area (Å²) in [6.07, 6.45) is 7.04. The van der Waals surface area contributed by atoms with Crippen LogP contribution in [-0.4, -0.2) is 20.7 Å². The Morgan fingerprint density at radius 1 is 1.12 bits per heavy atom. The average Bonchev–Trinajstić information content (AvgIpc) is 3.05. The Labute approximate surface area is 154 Å². The van der Waals surface area contributed by atoms with Crippen molar-refractivity contribution in [2.45, 2.75) is 39.7 Å². The van der Waals surface area contributed by atoms with Crippen molar-refractivity contribution in [3.05, 3.63) is 66.2 Å². The van der Waals surface area contributed by atoms with Crippen LogP contribution in [0.1, 0.15) is 48.8 Å². The maximum Gasteiger partial charge on any atom is 0.259 e. The van der Waals surface area contributed by atoms with Gasteiger partial charge in [-0.1, -0.05) is 44.2 Å². The number of pyridine rings is 1. The Kier molecular flexibility index (Phi) is 5.46. The number of aromatic nitrogens is 3. The van der Waals surface area contributed by atoms with E-state index in [0.717, 1.165) is 29.7 Å². The Bertz CT molecular complexity index is 882. The number of hydrogen-bond donors (Lipinski definition) is 1. The van der Waals surface area contributed by atoms with Gasteiger partial charge in [0.2, 0.25) is 0 Å². The third kappa shape index (κ3) is 3.52. The molecule has 0 radical (unpaired) electrons. The van der Waals surface area contributed by atoms with Crippen LogP contribution in [0, 0.1) is 6.92 Å². The lowest BCUT2D eigenvalue weighted by atomic mass is 10.1. The molecular formula is C21H24N4O. The molecule has 0 bridgehead atoms. The van der Waals surface area contributed by atoms with Crippen molar-refractivity contribution in [1.29, 1.82) is 0 Å².